The highest BCUT2D eigenvalue weighted by Crippen LogP contribution is 2.08. The molecule has 5 heteroatoms. The van der Waals surface area contributed by atoms with Crippen molar-refractivity contribution in [3.8, 4) is 6.07 Å². The fraction of sp³-hybridized carbons (Fsp3) is 0.154. The van der Waals surface area contributed by atoms with Crippen LogP contribution in [0.15, 0.2) is 36.5 Å². The number of halogens is 1. The summed E-state index contributed by atoms with van der Waals surface area (Å²) >= 11 is 0. The first-order chi connectivity index (χ1) is 8.78. The Morgan fingerprint density at radius 1 is 1.28 bits per heavy atom. The monoisotopic (exact) mass is 242 g/mol. The lowest BCUT2D eigenvalue weighted by atomic mass is 10.1. The van der Waals surface area contributed by atoms with Gasteiger partial charge in [-0.2, -0.15) is 15.5 Å². The molecule has 4 nitrogen and oxygen atoms in total. The second-order valence-corrected chi connectivity index (χ2v) is 3.78. The van der Waals surface area contributed by atoms with Crippen molar-refractivity contribution in [1.29, 1.82) is 5.26 Å². The Labute approximate surface area is 104 Å². The van der Waals surface area contributed by atoms with Crippen LogP contribution in [0.25, 0.3) is 0 Å². The molecule has 0 saturated heterocycles. The number of hydrogen-bond donors (Lipinski definition) is 1. The standard InChI is InChI=1S/C13H11FN4/c14-12-5-10(7-15)4-11(6-12)8-16-9-13-2-1-3-17-18-13/h1-6,16H,8-9H2. The first-order valence-electron chi connectivity index (χ1n) is 5.45. The summed E-state index contributed by atoms with van der Waals surface area (Å²) in [6.07, 6.45) is 1.61. The number of rotatable bonds is 4. The molecule has 0 saturated carbocycles. The molecule has 2 rings (SSSR count). The van der Waals surface area contributed by atoms with Crippen molar-refractivity contribution in [2.24, 2.45) is 0 Å². The van der Waals surface area contributed by atoms with E-state index in [4.69, 9.17) is 5.26 Å². The van der Waals surface area contributed by atoms with Crippen molar-refractivity contribution in [3.63, 3.8) is 0 Å². The van der Waals surface area contributed by atoms with Crippen molar-refractivity contribution >= 4 is 0 Å². The molecule has 0 radical (unpaired) electrons. The van der Waals surface area contributed by atoms with E-state index in [0.717, 1.165) is 11.3 Å². The van der Waals surface area contributed by atoms with E-state index in [9.17, 15) is 4.39 Å². The van der Waals surface area contributed by atoms with Gasteiger partial charge in [0.2, 0.25) is 0 Å². The van der Waals surface area contributed by atoms with E-state index in [1.54, 1.807) is 18.3 Å². The van der Waals surface area contributed by atoms with Crippen molar-refractivity contribution in [2.45, 2.75) is 13.1 Å². The van der Waals surface area contributed by atoms with Gasteiger partial charge in [0.05, 0.1) is 17.3 Å². The van der Waals surface area contributed by atoms with Crippen LogP contribution in [0.3, 0.4) is 0 Å². The molecule has 1 aromatic heterocycles. The molecular weight excluding hydrogens is 231 g/mol. The van der Waals surface area contributed by atoms with E-state index in [-0.39, 0.29) is 0 Å². The van der Waals surface area contributed by atoms with Gasteiger partial charge >= 0.3 is 0 Å². The smallest absolute Gasteiger partial charge is 0.124 e. The number of benzene rings is 1. The summed E-state index contributed by atoms with van der Waals surface area (Å²) in [7, 11) is 0. The Morgan fingerprint density at radius 2 is 2.17 bits per heavy atom. The summed E-state index contributed by atoms with van der Waals surface area (Å²) in [6, 6.07) is 9.87. The van der Waals surface area contributed by atoms with E-state index in [1.807, 2.05) is 12.1 Å². The number of nitrogens with zero attached hydrogens (tertiary/aromatic N) is 3. The zero-order valence-corrected chi connectivity index (χ0v) is 9.60. The molecule has 1 heterocycles. The van der Waals surface area contributed by atoms with Crippen molar-refractivity contribution in [1.82, 2.24) is 15.5 Å². The van der Waals surface area contributed by atoms with Gasteiger partial charge in [-0.25, -0.2) is 4.39 Å². The summed E-state index contributed by atoms with van der Waals surface area (Å²) in [5.74, 6) is -0.398. The molecule has 90 valence electrons. The quantitative estimate of drug-likeness (QED) is 0.887. The number of aromatic nitrogens is 2. The molecule has 0 aliphatic heterocycles. The molecule has 0 aliphatic carbocycles. The first-order valence-corrected chi connectivity index (χ1v) is 5.45. The zero-order chi connectivity index (χ0) is 12.8. The van der Waals surface area contributed by atoms with E-state index < -0.39 is 5.82 Å². The molecule has 0 unspecified atom stereocenters. The summed E-state index contributed by atoms with van der Waals surface area (Å²) in [4.78, 5) is 0. The SMILES string of the molecule is N#Cc1cc(F)cc(CNCc2cccnn2)c1. The van der Waals surface area contributed by atoms with Crippen LogP contribution in [0, 0.1) is 17.1 Å². The molecule has 0 amide bonds. The lowest BCUT2D eigenvalue weighted by molar-refractivity contribution is 0.618. The average Bonchev–Trinajstić information content (AvgIpc) is 2.39. The van der Waals surface area contributed by atoms with Crippen LogP contribution in [0.2, 0.25) is 0 Å². The highest BCUT2D eigenvalue weighted by molar-refractivity contribution is 5.33. The minimum absolute atomic E-state index is 0.325. The Kier molecular flexibility index (Phi) is 3.94. The van der Waals surface area contributed by atoms with Gasteiger partial charge in [0.1, 0.15) is 5.82 Å². The number of nitriles is 1. The maximum absolute atomic E-state index is 13.2. The van der Waals surface area contributed by atoms with Gasteiger partial charge in [0.15, 0.2) is 0 Å². The van der Waals surface area contributed by atoms with Gasteiger partial charge < -0.3 is 5.32 Å². The predicted molar refractivity (Wildman–Crippen MR) is 63.7 cm³/mol. The van der Waals surface area contributed by atoms with Gasteiger partial charge in [0, 0.05) is 19.3 Å². The maximum Gasteiger partial charge on any atom is 0.124 e. The molecule has 0 fully saturated rings. The number of nitrogens with one attached hydrogen (secondary N) is 1. The summed E-state index contributed by atoms with van der Waals surface area (Å²) in [5.41, 5.74) is 1.87. The lowest BCUT2D eigenvalue weighted by Gasteiger charge is -2.04. The third kappa shape index (κ3) is 3.34. The number of hydrogen-bond acceptors (Lipinski definition) is 4. The van der Waals surface area contributed by atoms with Gasteiger partial charge in [0.25, 0.3) is 0 Å². The first kappa shape index (κ1) is 12.1. The third-order valence-electron chi connectivity index (χ3n) is 2.35. The molecule has 2 aromatic rings. The van der Waals surface area contributed by atoms with Crippen LogP contribution in [-0.2, 0) is 13.1 Å². The van der Waals surface area contributed by atoms with Crippen LogP contribution < -0.4 is 5.32 Å². The van der Waals surface area contributed by atoms with Crippen LogP contribution in [0.5, 0.6) is 0 Å². The van der Waals surface area contributed by atoms with Gasteiger partial charge in [-0.1, -0.05) is 0 Å². The summed E-state index contributed by atoms with van der Waals surface area (Å²) in [5, 5.41) is 19.5. The molecular formula is C13H11FN4. The Balaban J connectivity index is 1.95. The van der Waals surface area contributed by atoms with Crippen molar-refractivity contribution in [3.05, 3.63) is 59.2 Å². The molecule has 1 aromatic carbocycles. The fourth-order valence-corrected chi connectivity index (χ4v) is 1.58. The topological polar surface area (TPSA) is 61.6 Å². The van der Waals surface area contributed by atoms with Crippen molar-refractivity contribution < 1.29 is 4.39 Å². The Bertz CT molecular complexity index is 563. The maximum atomic E-state index is 13.2. The summed E-state index contributed by atoms with van der Waals surface area (Å²) < 4.78 is 13.2. The van der Waals surface area contributed by atoms with E-state index in [1.165, 1.54) is 12.1 Å². The molecule has 0 bridgehead atoms. The highest BCUT2D eigenvalue weighted by Gasteiger charge is 2.01. The van der Waals surface area contributed by atoms with Crippen LogP contribution in [0.1, 0.15) is 16.8 Å². The molecule has 1 N–H and O–H groups in total. The fourth-order valence-electron chi connectivity index (χ4n) is 1.58. The van der Waals surface area contributed by atoms with Crippen LogP contribution in [-0.4, -0.2) is 10.2 Å². The van der Waals surface area contributed by atoms with E-state index in [0.29, 0.717) is 18.7 Å². The average molecular weight is 242 g/mol. The normalized spacial score (nSPS) is 10.0. The Morgan fingerprint density at radius 3 is 2.89 bits per heavy atom. The second-order valence-electron chi connectivity index (χ2n) is 3.78. The largest absolute Gasteiger partial charge is 0.307 e. The molecule has 0 spiro atoms. The second kappa shape index (κ2) is 5.84. The van der Waals surface area contributed by atoms with E-state index in [2.05, 4.69) is 15.5 Å². The van der Waals surface area contributed by atoms with Gasteiger partial charge in [-0.3, -0.25) is 0 Å². The minimum atomic E-state index is -0.398. The Hall–Kier alpha value is -2.32. The van der Waals surface area contributed by atoms with Gasteiger partial charge in [-0.15, -0.1) is 0 Å². The molecule has 18 heavy (non-hydrogen) atoms. The van der Waals surface area contributed by atoms with Gasteiger partial charge in [-0.05, 0) is 35.9 Å². The highest BCUT2D eigenvalue weighted by atomic mass is 19.1. The van der Waals surface area contributed by atoms with Crippen LogP contribution >= 0.6 is 0 Å². The summed E-state index contributed by atoms with van der Waals surface area (Å²) in [6.45, 7) is 1.02. The predicted octanol–water partition coefficient (Wildman–Crippen LogP) is 1.78. The zero-order valence-electron chi connectivity index (χ0n) is 9.60. The third-order valence-corrected chi connectivity index (χ3v) is 2.35. The van der Waals surface area contributed by atoms with Crippen molar-refractivity contribution in [2.75, 3.05) is 0 Å². The minimum Gasteiger partial charge on any atom is -0.307 e. The van der Waals surface area contributed by atoms with Crippen LogP contribution in [0.4, 0.5) is 4.39 Å². The molecule has 0 aliphatic rings. The lowest BCUT2D eigenvalue weighted by Crippen LogP contribution is -2.14. The van der Waals surface area contributed by atoms with E-state index >= 15 is 0 Å². The molecule has 0 atom stereocenters.